The van der Waals surface area contributed by atoms with Crippen molar-refractivity contribution in [1.29, 1.82) is 0 Å². The Morgan fingerprint density at radius 2 is 1.80 bits per heavy atom. The first-order valence-electron chi connectivity index (χ1n) is 9.31. The molecule has 3 aromatic heterocycles. The number of nitrogens with zero attached hydrogens (tertiary/aromatic N) is 3. The molecule has 0 spiro atoms. The molecule has 3 N–H and O–H groups in total. The van der Waals surface area contributed by atoms with Crippen LogP contribution < -0.4 is 10.9 Å². The van der Waals surface area contributed by atoms with E-state index in [0.717, 1.165) is 22.1 Å². The second-order valence-corrected chi connectivity index (χ2v) is 7.62. The van der Waals surface area contributed by atoms with E-state index >= 15 is 0 Å². The summed E-state index contributed by atoms with van der Waals surface area (Å²) in [5.74, 6) is -0.834. The van der Waals surface area contributed by atoms with E-state index in [1.54, 1.807) is 6.07 Å². The predicted molar refractivity (Wildman–Crippen MR) is 114 cm³/mol. The highest BCUT2D eigenvalue weighted by molar-refractivity contribution is 7.12. The molecular formula is C21H20N6O2S. The number of aromatic amines is 1. The van der Waals surface area contributed by atoms with Gasteiger partial charge in [0, 0.05) is 22.3 Å². The summed E-state index contributed by atoms with van der Waals surface area (Å²) in [4.78, 5) is 29.0. The topological polar surface area (TPSA) is 105 Å². The van der Waals surface area contributed by atoms with Gasteiger partial charge in [-0.25, -0.2) is 4.98 Å². The average molecular weight is 420 g/mol. The number of hydrogen-bond donors (Lipinski definition) is 3. The van der Waals surface area contributed by atoms with E-state index < -0.39 is 5.91 Å². The van der Waals surface area contributed by atoms with Crippen molar-refractivity contribution in [2.24, 2.45) is 0 Å². The Kier molecular flexibility index (Phi) is 5.44. The summed E-state index contributed by atoms with van der Waals surface area (Å²) >= 11 is 1.47. The van der Waals surface area contributed by atoms with Gasteiger partial charge in [-0.3, -0.25) is 30.1 Å². The van der Waals surface area contributed by atoms with E-state index in [1.807, 2.05) is 66.3 Å². The van der Waals surface area contributed by atoms with E-state index in [1.165, 1.54) is 11.3 Å². The Morgan fingerprint density at radius 3 is 2.53 bits per heavy atom. The molecule has 30 heavy (non-hydrogen) atoms. The number of carbonyl (C=O) groups excluding carboxylic acids is 2. The summed E-state index contributed by atoms with van der Waals surface area (Å²) in [6.45, 7) is 4.02. The number of nitrogens with one attached hydrogen (secondary N) is 3. The number of aromatic nitrogens is 4. The average Bonchev–Trinajstić information content (AvgIpc) is 3.48. The van der Waals surface area contributed by atoms with Gasteiger partial charge in [-0.2, -0.15) is 5.10 Å². The van der Waals surface area contributed by atoms with Crippen LogP contribution in [0.15, 0.2) is 53.9 Å². The van der Waals surface area contributed by atoms with Crippen LogP contribution in [0.4, 0.5) is 0 Å². The number of thiazole rings is 1. The van der Waals surface area contributed by atoms with Crippen LogP contribution in [-0.2, 0) is 11.2 Å². The number of amides is 2. The molecule has 8 nitrogen and oxygen atoms in total. The minimum atomic E-state index is -0.476. The Balaban J connectivity index is 1.33. The fourth-order valence-corrected chi connectivity index (χ4v) is 3.99. The van der Waals surface area contributed by atoms with Gasteiger partial charge in [-0.15, -0.1) is 11.3 Å². The van der Waals surface area contributed by atoms with Crippen LogP contribution in [0.5, 0.6) is 0 Å². The van der Waals surface area contributed by atoms with Crippen molar-refractivity contribution in [2.45, 2.75) is 20.3 Å². The van der Waals surface area contributed by atoms with Gasteiger partial charge in [0.15, 0.2) is 5.13 Å². The summed E-state index contributed by atoms with van der Waals surface area (Å²) in [7, 11) is 0. The molecule has 9 heteroatoms. The second kappa shape index (κ2) is 8.34. The van der Waals surface area contributed by atoms with Crippen LogP contribution in [0.1, 0.15) is 27.6 Å². The highest BCUT2D eigenvalue weighted by atomic mass is 32.1. The predicted octanol–water partition coefficient (Wildman–Crippen LogP) is 2.94. The zero-order valence-electron chi connectivity index (χ0n) is 16.5. The number of rotatable bonds is 5. The summed E-state index contributed by atoms with van der Waals surface area (Å²) in [6.07, 6.45) is 0.0639. The summed E-state index contributed by atoms with van der Waals surface area (Å²) in [5, 5.41) is 9.47. The Morgan fingerprint density at radius 1 is 1.07 bits per heavy atom. The maximum Gasteiger partial charge on any atom is 0.287 e. The standard InChI is InChI=1S/C21H20N6O2S/c1-13-8-9-14(2)27(13)21-22-16(12-30-21)10-19(28)25-26-20(29)18-11-17(23-24-18)15-6-4-3-5-7-15/h3-9,11-12H,10H2,1-2H3,(H,23,24)(H,25,28)(H,26,29). The molecule has 4 aromatic rings. The normalized spacial score (nSPS) is 10.7. The third kappa shape index (κ3) is 4.15. The van der Waals surface area contributed by atoms with E-state index in [0.29, 0.717) is 11.4 Å². The molecule has 0 aliphatic heterocycles. The quantitative estimate of drug-likeness (QED) is 0.432. The van der Waals surface area contributed by atoms with E-state index in [-0.39, 0.29) is 18.0 Å². The highest BCUT2D eigenvalue weighted by Crippen LogP contribution is 2.20. The van der Waals surface area contributed by atoms with Crippen molar-refractivity contribution >= 4 is 23.2 Å². The van der Waals surface area contributed by atoms with Gasteiger partial charge in [0.25, 0.3) is 5.91 Å². The monoisotopic (exact) mass is 420 g/mol. The lowest BCUT2D eigenvalue weighted by Gasteiger charge is -2.05. The minimum Gasteiger partial charge on any atom is -0.295 e. The zero-order chi connectivity index (χ0) is 21.1. The first-order chi connectivity index (χ1) is 14.5. The van der Waals surface area contributed by atoms with E-state index in [2.05, 4.69) is 26.0 Å². The molecule has 0 aliphatic rings. The molecule has 0 unspecified atom stereocenters. The van der Waals surface area contributed by atoms with Crippen molar-refractivity contribution in [3.8, 4) is 16.4 Å². The number of hydrazine groups is 1. The van der Waals surface area contributed by atoms with Gasteiger partial charge >= 0.3 is 0 Å². The molecule has 0 bridgehead atoms. The summed E-state index contributed by atoms with van der Waals surface area (Å²) in [5.41, 5.74) is 9.42. The van der Waals surface area contributed by atoms with Crippen LogP contribution >= 0.6 is 11.3 Å². The third-order valence-electron chi connectivity index (χ3n) is 4.55. The largest absolute Gasteiger partial charge is 0.295 e. The van der Waals surface area contributed by atoms with Crippen molar-refractivity contribution in [2.75, 3.05) is 0 Å². The van der Waals surface area contributed by atoms with Gasteiger partial charge in [0.1, 0.15) is 5.69 Å². The smallest absolute Gasteiger partial charge is 0.287 e. The van der Waals surface area contributed by atoms with Gasteiger partial charge in [0.05, 0.1) is 17.8 Å². The van der Waals surface area contributed by atoms with Crippen molar-refractivity contribution in [3.05, 3.63) is 76.7 Å². The van der Waals surface area contributed by atoms with Crippen LogP contribution in [-0.4, -0.2) is 31.6 Å². The van der Waals surface area contributed by atoms with Crippen molar-refractivity contribution in [1.82, 2.24) is 30.6 Å². The van der Waals surface area contributed by atoms with Crippen LogP contribution in [0.3, 0.4) is 0 Å². The van der Waals surface area contributed by atoms with Gasteiger partial charge in [-0.1, -0.05) is 30.3 Å². The van der Waals surface area contributed by atoms with Crippen LogP contribution in [0.2, 0.25) is 0 Å². The first-order valence-corrected chi connectivity index (χ1v) is 10.2. The van der Waals surface area contributed by atoms with Crippen LogP contribution in [0.25, 0.3) is 16.4 Å². The van der Waals surface area contributed by atoms with E-state index in [9.17, 15) is 9.59 Å². The molecule has 0 aliphatic carbocycles. The molecule has 0 saturated heterocycles. The molecular weight excluding hydrogens is 400 g/mol. The molecule has 2 amide bonds. The number of H-pyrrole nitrogens is 1. The fraction of sp³-hybridized carbons (Fsp3) is 0.143. The third-order valence-corrected chi connectivity index (χ3v) is 5.43. The minimum absolute atomic E-state index is 0.0639. The lowest BCUT2D eigenvalue weighted by Crippen LogP contribution is -2.42. The molecule has 0 fully saturated rings. The van der Waals surface area contributed by atoms with Gasteiger partial charge in [-0.05, 0) is 32.0 Å². The van der Waals surface area contributed by atoms with E-state index in [4.69, 9.17) is 0 Å². The maximum absolute atomic E-state index is 12.3. The van der Waals surface area contributed by atoms with Gasteiger partial charge in [0.2, 0.25) is 5.91 Å². The highest BCUT2D eigenvalue weighted by Gasteiger charge is 2.14. The zero-order valence-corrected chi connectivity index (χ0v) is 17.3. The Labute approximate surface area is 176 Å². The molecule has 0 atom stereocenters. The van der Waals surface area contributed by atoms with Gasteiger partial charge < -0.3 is 0 Å². The second-order valence-electron chi connectivity index (χ2n) is 6.78. The molecule has 152 valence electrons. The number of aryl methyl sites for hydroxylation is 2. The number of benzene rings is 1. The maximum atomic E-state index is 12.3. The van der Waals surface area contributed by atoms with Crippen LogP contribution in [0, 0.1) is 13.8 Å². The molecule has 0 saturated carbocycles. The number of carbonyl (C=O) groups is 2. The van der Waals surface area contributed by atoms with Crippen molar-refractivity contribution < 1.29 is 9.59 Å². The first kappa shape index (κ1) is 19.6. The SMILES string of the molecule is Cc1ccc(C)n1-c1nc(CC(=O)NNC(=O)c2cc(-c3ccccc3)n[nH]2)cs1. The molecule has 1 aromatic carbocycles. The number of hydrogen-bond acceptors (Lipinski definition) is 5. The summed E-state index contributed by atoms with van der Waals surface area (Å²) in [6, 6.07) is 15.2. The molecule has 4 rings (SSSR count). The Bertz CT molecular complexity index is 1170. The fourth-order valence-electron chi connectivity index (χ4n) is 3.05. The van der Waals surface area contributed by atoms with Crippen molar-refractivity contribution in [3.63, 3.8) is 0 Å². The summed E-state index contributed by atoms with van der Waals surface area (Å²) < 4.78 is 2.04. The lowest BCUT2D eigenvalue weighted by molar-refractivity contribution is -0.121. The lowest BCUT2D eigenvalue weighted by atomic mass is 10.1. The molecule has 0 radical (unpaired) electrons. The Hall–Kier alpha value is -3.72. The molecule has 3 heterocycles.